The van der Waals surface area contributed by atoms with Crippen LogP contribution < -0.4 is 10.4 Å². The molecule has 3 heteroatoms. The molecule has 1 atom stereocenters. The molecule has 142 valence electrons. The van der Waals surface area contributed by atoms with Crippen LogP contribution in [0.3, 0.4) is 0 Å². The normalized spacial score (nSPS) is 14.7. The fourth-order valence-corrected chi connectivity index (χ4v) is 4.41. The van der Waals surface area contributed by atoms with E-state index in [-0.39, 0.29) is 0 Å². The van der Waals surface area contributed by atoms with Crippen molar-refractivity contribution < 1.29 is 4.39 Å². The fraction of sp³-hybridized carbons (Fsp3) is 0.636. The summed E-state index contributed by atoms with van der Waals surface area (Å²) in [6.07, 6.45) is 4.94. The van der Waals surface area contributed by atoms with Gasteiger partial charge >= 0.3 is 0 Å². The van der Waals surface area contributed by atoms with Crippen molar-refractivity contribution in [1.82, 2.24) is 4.90 Å². The Balaban J connectivity index is 2.67. The molecule has 0 fully saturated rings. The summed E-state index contributed by atoms with van der Waals surface area (Å²) < 4.78 is 14.4. The van der Waals surface area contributed by atoms with Gasteiger partial charge in [-0.15, -0.1) is 11.8 Å². The van der Waals surface area contributed by atoms with Gasteiger partial charge in [-0.3, -0.25) is 0 Å². The van der Waals surface area contributed by atoms with E-state index < -0.39 is 5.67 Å². The van der Waals surface area contributed by atoms with Crippen LogP contribution in [-0.2, 0) is 5.67 Å². The summed E-state index contributed by atoms with van der Waals surface area (Å²) >= 11 is 1.90. The molecule has 0 N–H and O–H groups in total. The minimum Gasteiger partial charge on any atom is -0.306 e. The third kappa shape index (κ3) is 7.53. The largest absolute Gasteiger partial charge is 0.306 e. The second-order valence-electron chi connectivity index (χ2n) is 7.59. The zero-order valence-electron chi connectivity index (χ0n) is 17.0. The molecular formula is C22H36FNS. The van der Waals surface area contributed by atoms with Crippen LogP contribution >= 0.6 is 11.8 Å². The van der Waals surface area contributed by atoms with Gasteiger partial charge < -0.3 is 4.90 Å². The number of nitrogens with zero attached hydrogens (tertiary/aromatic N) is 1. The first-order valence-corrected chi connectivity index (χ1v) is 10.4. The molecule has 1 aromatic rings. The molecule has 1 nitrogen and oxygen atoms in total. The highest BCUT2D eigenvalue weighted by atomic mass is 32.2. The molecule has 0 aromatic heterocycles. The maximum atomic E-state index is 14.4. The maximum absolute atomic E-state index is 14.4. The van der Waals surface area contributed by atoms with E-state index in [1.807, 2.05) is 23.9 Å². The van der Waals surface area contributed by atoms with E-state index in [9.17, 15) is 4.39 Å². The Hall–Kier alpha value is -0.800. The number of halogens is 1. The lowest BCUT2D eigenvalue weighted by molar-refractivity contribution is 0.220. The Labute approximate surface area is 158 Å². The molecule has 1 aromatic carbocycles. The van der Waals surface area contributed by atoms with Crippen LogP contribution in [0.4, 0.5) is 4.39 Å². The number of thioether (sulfide) groups is 1. The Bertz CT molecular complexity index is 632. The lowest BCUT2D eigenvalue weighted by Crippen LogP contribution is -2.33. The molecule has 0 saturated carbocycles. The zero-order valence-corrected chi connectivity index (χ0v) is 17.8. The van der Waals surface area contributed by atoms with Gasteiger partial charge in [-0.2, -0.15) is 0 Å². The molecule has 0 heterocycles. The molecule has 0 amide bonds. The fourth-order valence-electron chi connectivity index (χ4n) is 3.20. The van der Waals surface area contributed by atoms with Gasteiger partial charge in [0.05, 0.1) is 0 Å². The first-order chi connectivity index (χ1) is 11.7. The SMILES string of the molecule is C=c1c(C(C)(C)F)ccc/c1=C(/C)S[C@@H](C)CCCCN(C)CCC. The smallest absolute Gasteiger partial charge is 0.131 e. The van der Waals surface area contributed by atoms with Gasteiger partial charge in [0.15, 0.2) is 0 Å². The van der Waals surface area contributed by atoms with Crippen LogP contribution in [0.2, 0.25) is 0 Å². The third-order valence-corrected chi connectivity index (χ3v) is 5.79. The third-order valence-electron chi connectivity index (χ3n) is 4.58. The predicted octanol–water partition coefficient (Wildman–Crippen LogP) is 5.06. The van der Waals surface area contributed by atoms with Crippen LogP contribution in [0.5, 0.6) is 0 Å². The number of hydrogen-bond acceptors (Lipinski definition) is 2. The Morgan fingerprint density at radius 3 is 2.56 bits per heavy atom. The Kier molecular flexibility index (Phi) is 9.23. The summed E-state index contributed by atoms with van der Waals surface area (Å²) in [5.41, 5.74) is -0.662. The van der Waals surface area contributed by atoms with Gasteiger partial charge in [0.2, 0.25) is 0 Å². The van der Waals surface area contributed by atoms with E-state index in [1.54, 1.807) is 13.8 Å². The van der Waals surface area contributed by atoms with Crippen LogP contribution in [0.25, 0.3) is 11.5 Å². The van der Waals surface area contributed by atoms with Crippen molar-refractivity contribution in [2.75, 3.05) is 20.1 Å². The lowest BCUT2D eigenvalue weighted by atomic mass is 9.97. The number of benzene rings is 1. The highest BCUT2D eigenvalue weighted by Gasteiger charge is 2.19. The van der Waals surface area contributed by atoms with Crippen molar-refractivity contribution in [2.24, 2.45) is 0 Å². The van der Waals surface area contributed by atoms with Gasteiger partial charge in [0.25, 0.3) is 0 Å². The van der Waals surface area contributed by atoms with Gasteiger partial charge in [-0.1, -0.05) is 45.0 Å². The number of rotatable bonds is 10. The van der Waals surface area contributed by atoms with Gasteiger partial charge in [0, 0.05) is 5.25 Å². The van der Waals surface area contributed by atoms with Gasteiger partial charge in [0.1, 0.15) is 5.67 Å². The minimum absolute atomic E-state index is 0.568. The molecule has 0 aliphatic rings. The highest BCUT2D eigenvalue weighted by Crippen LogP contribution is 2.25. The predicted molar refractivity (Wildman–Crippen MR) is 113 cm³/mol. The Morgan fingerprint density at radius 2 is 1.96 bits per heavy atom. The molecule has 0 aliphatic carbocycles. The van der Waals surface area contributed by atoms with Crippen molar-refractivity contribution >= 4 is 23.2 Å². The number of alkyl halides is 1. The van der Waals surface area contributed by atoms with Crippen molar-refractivity contribution in [1.29, 1.82) is 0 Å². The van der Waals surface area contributed by atoms with Gasteiger partial charge in [-0.05, 0) is 81.1 Å². The summed E-state index contributed by atoms with van der Waals surface area (Å²) in [6.45, 7) is 16.4. The number of unbranched alkanes of at least 4 members (excludes halogenated alkanes) is 1. The first kappa shape index (κ1) is 22.2. The summed E-state index contributed by atoms with van der Waals surface area (Å²) in [4.78, 5) is 3.65. The maximum Gasteiger partial charge on any atom is 0.131 e. The Morgan fingerprint density at radius 1 is 1.28 bits per heavy atom. The molecule has 1 rings (SSSR count). The molecule has 0 radical (unpaired) electrons. The van der Waals surface area contributed by atoms with E-state index in [0.717, 1.165) is 10.4 Å². The topological polar surface area (TPSA) is 3.24 Å². The molecular weight excluding hydrogens is 329 g/mol. The molecule has 0 spiro atoms. The van der Waals surface area contributed by atoms with Crippen molar-refractivity contribution in [3.8, 4) is 0 Å². The summed E-state index contributed by atoms with van der Waals surface area (Å²) in [5.74, 6) is 0. The van der Waals surface area contributed by atoms with E-state index in [1.165, 1.54) is 43.7 Å². The van der Waals surface area contributed by atoms with Crippen molar-refractivity contribution in [3.05, 3.63) is 34.2 Å². The van der Waals surface area contributed by atoms with E-state index in [4.69, 9.17) is 0 Å². The summed E-state index contributed by atoms with van der Waals surface area (Å²) in [6, 6.07) is 5.85. The summed E-state index contributed by atoms with van der Waals surface area (Å²) in [5, 5.41) is 2.48. The second kappa shape index (κ2) is 10.4. The first-order valence-electron chi connectivity index (χ1n) is 9.50. The monoisotopic (exact) mass is 365 g/mol. The standard InChI is InChI=1S/C22H36FNS/c1-8-15-24(7)16-10-9-12-17(2)25-19(4)20-13-11-14-21(18(20)3)22(5,6)23/h11,13-14,17H,3,8-10,12,15-16H2,1-2,4-7H3/b20-19+/t17-/m0/s1. The second-order valence-corrected chi connectivity index (χ2v) is 9.24. The van der Waals surface area contributed by atoms with Crippen LogP contribution in [0.15, 0.2) is 18.2 Å². The molecule has 0 saturated heterocycles. The van der Waals surface area contributed by atoms with E-state index in [2.05, 4.69) is 45.4 Å². The van der Waals surface area contributed by atoms with E-state index >= 15 is 0 Å². The van der Waals surface area contributed by atoms with E-state index in [0.29, 0.717) is 10.8 Å². The molecule has 0 bridgehead atoms. The summed E-state index contributed by atoms with van der Waals surface area (Å²) in [7, 11) is 2.20. The zero-order chi connectivity index (χ0) is 19.0. The molecule has 25 heavy (non-hydrogen) atoms. The lowest BCUT2D eigenvalue weighted by Gasteiger charge is -2.17. The average Bonchev–Trinajstić information content (AvgIpc) is 2.50. The quantitative estimate of drug-likeness (QED) is 0.533. The van der Waals surface area contributed by atoms with Crippen LogP contribution in [-0.4, -0.2) is 30.3 Å². The molecule has 0 aliphatic heterocycles. The number of hydrogen-bond donors (Lipinski definition) is 0. The highest BCUT2D eigenvalue weighted by molar-refractivity contribution is 8.08. The van der Waals surface area contributed by atoms with Crippen LogP contribution in [0.1, 0.15) is 65.9 Å². The van der Waals surface area contributed by atoms with Crippen LogP contribution in [0, 0.1) is 0 Å². The van der Waals surface area contributed by atoms with Crippen molar-refractivity contribution in [2.45, 2.75) is 71.2 Å². The van der Waals surface area contributed by atoms with Gasteiger partial charge in [-0.25, -0.2) is 4.39 Å². The minimum atomic E-state index is -1.35. The van der Waals surface area contributed by atoms with Crippen molar-refractivity contribution in [3.63, 3.8) is 0 Å². The molecule has 0 unspecified atom stereocenters. The average molecular weight is 366 g/mol.